The molecule has 50 heavy (non-hydrogen) atoms. The fourth-order valence-electron chi connectivity index (χ4n) is 5.90. The number of unbranched alkanes of at least 4 members (excludes halogenated alkanes) is 26. The predicted molar refractivity (Wildman–Crippen MR) is 203 cm³/mol. The van der Waals surface area contributed by atoms with E-state index in [9.17, 15) is 19.0 Å². The second kappa shape index (κ2) is 36.3. The van der Waals surface area contributed by atoms with Crippen LogP contribution in [-0.2, 0) is 32.7 Å². The van der Waals surface area contributed by atoms with Crippen molar-refractivity contribution in [3.63, 3.8) is 0 Å². The highest BCUT2D eigenvalue weighted by Crippen LogP contribution is 2.43. The maximum absolute atomic E-state index is 12.5. The summed E-state index contributed by atoms with van der Waals surface area (Å²) in [6.45, 7) is 3.90. The van der Waals surface area contributed by atoms with E-state index in [1.807, 2.05) is 0 Å². The third-order valence-corrected chi connectivity index (χ3v) is 10.1. The molecule has 0 amide bonds. The SMILES string of the molecule is CCCCCCCCCCCCCCCCCCCCOCC(COP(=O)(O)OCC(N)C(=O)O)OC(=O)CCCCCCCCCCCC. The molecule has 0 aromatic rings. The first kappa shape index (κ1) is 49.0. The van der Waals surface area contributed by atoms with Crippen molar-refractivity contribution in [1.29, 1.82) is 0 Å². The molecule has 0 aliphatic heterocycles. The van der Waals surface area contributed by atoms with Crippen LogP contribution in [0.25, 0.3) is 0 Å². The fraction of sp³-hybridized carbons (Fsp3) is 0.949. The summed E-state index contributed by atoms with van der Waals surface area (Å²) in [6, 6.07) is -1.47. The zero-order valence-electron chi connectivity index (χ0n) is 32.3. The second-order valence-corrected chi connectivity index (χ2v) is 15.6. The van der Waals surface area contributed by atoms with Crippen LogP contribution in [0.15, 0.2) is 0 Å². The Kier molecular flexibility index (Phi) is 35.6. The van der Waals surface area contributed by atoms with Crippen molar-refractivity contribution in [2.45, 2.75) is 212 Å². The number of carboxylic acid groups (broad SMARTS) is 1. The molecule has 10 nitrogen and oxygen atoms in total. The van der Waals surface area contributed by atoms with Gasteiger partial charge < -0.3 is 25.2 Å². The van der Waals surface area contributed by atoms with E-state index in [-0.39, 0.29) is 13.0 Å². The van der Waals surface area contributed by atoms with Crippen LogP contribution in [0.5, 0.6) is 0 Å². The molecular formula is C39H78NO9P. The number of phosphoric ester groups is 1. The summed E-state index contributed by atoms with van der Waals surface area (Å²) in [6.07, 6.45) is 34.4. The second-order valence-electron chi connectivity index (χ2n) is 14.1. The third-order valence-electron chi connectivity index (χ3n) is 9.14. The molecule has 3 atom stereocenters. The molecule has 0 rings (SSSR count). The molecule has 298 valence electrons. The molecule has 0 aromatic heterocycles. The van der Waals surface area contributed by atoms with Crippen molar-refractivity contribution < 1.29 is 42.7 Å². The van der Waals surface area contributed by atoms with E-state index in [4.69, 9.17) is 29.4 Å². The Morgan fingerprint density at radius 2 is 0.920 bits per heavy atom. The van der Waals surface area contributed by atoms with Crippen LogP contribution in [0.4, 0.5) is 0 Å². The Hall–Kier alpha value is -1.03. The zero-order chi connectivity index (χ0) is 37.0. The van der Waals surface area contributed by atoms with Gasteiger partial charge in [0.05, 0.1) is 19.8 Å². The summed E-state index contributed by atoms with van der Waals surface area (Å²) in [7, 11) is -4.60. The third kappa shape index (κ3) is 35.4. The minimum Gasteiger partial charge on any atom is -0.480 e. The molecule has 0 aliphatic rings. The minimum atomic E-state index is -4.60. The van der Waals surface area contributed by atoms with Crippen LogP contribution < -0.4 is 5.73 Å². The van der Waals surface area contributed by atoms with E-state index >= 15 is 0 Å². The van der Waals surface area contributed by atoms with E-state index in [0.29, 0.717) is 6.61 Å². The van der Waals surface area contributed by atoms with Crippen molar-refractivity contribution >= 4 is 19.8 Å². The maximum atomic E-state index is 12.5. The first-order valence-corrected chi connectivity index (χ1v) is 22.1. The number of carboxylic acids is 1. The molecule has 0 spiro atoms. The number of hydrogen-bond donors (Lipinski definition) is 3. The van der Waals surface area contributed by atoms with Crippen molar-refractivity contribution in [2.24, 2.45) is 5.73 Å². The smallest absolute Gasteiger partial charge is 0.472 e. The number of rotatable bonds is 40. The highest BCUT2D eigenvalue weighted by Gasteiger charge is 2.27. The van der Waals surface area contributed by atoms with Gasteiger partial charge in [-0.25, -0.2) is 4.57 Å². The predicted octanol–water partition coefficient (Wildman–Crippen LogP) is 10.8. The Bertz CT molecular complexity index is 816. The van der Waals surface area contributed by atoms with Gasteiger partial charge in [0.25, 0.3) is 0 Å². The van der Waals surface area contributed by atoms with Gasteiger partial charge in [0.2, 0.25) is 0 Å². The van der Waals surface area contributed by atoms with Gasteiger partial charge in [-0.1, -0.05) is 181 Å². The van der Waals surface area contributed by atoms with Gasteiger partial charge in [-0.15, -0.1) is 0 Å². The lowest BCUT2D eigenvalue weighted by Gasteiger charge is -2.20. The zero-order valence-corrected chi connectivity index (χ0v) is 33.2. The summed E-state index contributed by atoms with van der Waals surface area (Å²) < 4.78 is 33.2. The lowest BCUT2D eigenvalue weighted by molar-refractivity contribution is -0.154. The molecule has 0 heterocycles. The van der Waals surface area contributed by atoms with Crippen LogP contribution in [0.3, 0.4) is 0 Å². The number of nitrogens with two attached hydrogens (primary N) is 1. The summed E-state index contributed by atoms with van der Waals surface area (Å²) in [5, 5.41) is 8.87. The highest BCUT2D eigenvalue weighted by atomic mass is 31.2. The van der Waals surface area contributed by atoms with Gasteiger partial charge in [0.1, 0.15) is 12.1 Å². The van der Waals surface area contributed by atoms with Crippen LogP contribution in [0.2, 0.25) is 0 Å². The van der Waals surface area contributed by atoms with Crippen LogP contribution in [-0.4, -0.2) is 60.5 Å². The van der Waals surface area contributed by atoms with E-state index in [1.54, 1.807) is 0 Å². The number of carbonyl (C=O) groups is 2. The summed E-state index contributed by atoms with van der Waals surface area (Å²) in [4.78, 5) is 33.4. The normalized spacial score (nSPS) is 14.0. The van der Waals surface area contributed by atoms with Gasteiger partial charge in [0, 0.05) is 13.0 Å². The molecule has 4 N–H and O–H groups in total. The van der Waals surface area contributed by atoms with Crippen molar-refractivity contribution in [3.8, 4) is 0 Å². The Balaban J connectivity index is 4.15. The number of esters is 1. The van der Waals surface area contributed by atoms with E-state index in [2.05, 4.69) is 13.8 Å². The van der Waals surface area contributed by atoms with Crippen molar-refractivity contribution in [2.75, 3.05) is 26.4 Å². The monoisotopic (exact) mass is 736 g/mol. The number of ether oxygens (including phenoxy) is 2. The molecule has 3 unspecified atom stereocenters. The Morgan fingerprint density at radius 3 is 1.32 bits per heavy atom. The van der Waals surface area contributed by atoms with Crippen LogP contribution in [0, 0.1) is 0 Å². The Labute approximate surface area is 306 Å². The molecule has 0 bridgehead atoms. The molecule has 0 aliphatic carbocycles. The van der Waals surface area contributed by atoms with Gasteiger partial charge in [-0.2, -0.15) is 0 Å². The molecule has 0 saturated heterocycles. The molecule has 0 saturated carbocycles. The summed E-state index contributed by atoms with van der Waals surface area (Å²) in [5.74, 6) is -1.77. The quantitative estimate of drug-likeness (QED) is 0.0314. The number of carbonyl (C=O) groups excluding carboxylic acids is 1. The molecule has 0 radical (unpaired) electrons. The van der Waals surface area contributed by atoms with Crippen molar-refractivity contribution in [3.05, 3.63) is 0 Å². The largest absolute Gasteiger partial charge is 0.480 e. The number of hydrogen-bond acceptors (Lipinski definition) is 8. The van der Waals surface area contributed by atoms with E-state index in [1.165, 1.54) is 141 Å². The highest BCUT2D eigenvalue weighted by molar-refractivity contribution is 7.47. The van der Waals surface area contributed by atoms with Gasteiger partial charge >= 0.3 is 19.8 Å². The van der Waals surface area contributed by atoms with Crippen LogP contribution in [0.1, 0.15) is 200 Å². The minimum absolute atomic E-state index is 0.0252. The summed E-state index contributed by atoms with van der Waals surface area (Å²) in [5.41, 5.74) is 5.34. The maximum Gasteiger partial charge on any atom is 0.472 e. The summed E-state index contributed by atoms with van der Waals surface area (Å²) >= 11 is 0. The average Bonchev–Trinajstić information content (AvgIpc) is 3.09. The lowest BCUT2D eigenvalue weighted by Crippen LogP contribution is -2.34. The molecule has 11 heteroatoms. The molecule has 0 fully saturated rings. The fourth-order valence-corrected chi connectivity index (χ4v) is 6.68. The van der Waals surface area contributed by atoms with Gasteiger partial charge in [0.15, 0.2) is 0 Å². The Morgan fingerprint density at radius 1 is 0.560 bits per heavy atom. The molecular weight excluding hydrogens is 657 g/mol. The topological polar surface area (TPSA) is 155 Å². The van der Waals surface area contributed by atoms with Gasteiger partial charge in [-0.3, -0.25) is 18.6 Å². The van der Waals surface area contributed by atoms with E-state index in [0.717, 1.165) is 38.5 Å². The number of phosphoric acid groups is 1. The average molecular weight is 736 g/mol. The van der Waals surface area contributed by atoms with Crippen LogP contribution >= 0.6 is 7.82 Å². The number of aliphatic carboxylic acids is 1. The molecule has 0 aromatic carbocycles. The van der Waals surface area contributed by atoms with Gasteiger partial charge in [-0.05, 0) is 12.8 Å². The van der Waals surface area contributed by atoms with Crippen molar-refractivity contribution in [1.82, 2.24) is 0 Å². The first-order chi connectivity index (χ1) is 24.2. The lowest BCUT2D eigenvalue weighted by atomic mass is 10.0. The van der Waals surface area contributed by atoms with E-state index < -0.39 is 45.1 Å². The first-order valence-electron chi connectivity index (χ1n) is 20.6. The standard InChI is InChI=1S/C39H78NO9P/c1-3-5-7-9-11-13-15-16-17-18-19-20-21-22-24-26-28-30-32-46-33-36(34-47-50(44,45)48-35-37(40)39(42)43)49-38(41)31-29-27-25-23-14-12-10-8-6-4-2/h36-37H,3-35,40H2,1-2H3,(H,42,43)(H,44,45).